The van der Waals surface area contributed by atoms with E-state index >= 15 is 0 Å². The molecule has 1 aliphatic carbocycles. The van der Waals surface area contributed by atoms with Gasteiger partial charge in [0.25, 0.3) is 5.91 Å². The standard InChI is InChI=1S/C25H35N3O3/c29-23(20-9-3-1-4-10-20)26-22(25(31)27-15-7-2-8-16-27)19-13-17-28(18-14-19)24(30)21-11-5-6-12-21/h1,3-4,9-10,19,21-22H,2,5-8,11-18H2,(H,26,29)/t22-/m1/s1. The molecule has 1 aromatic carbocycles. The average Bonchev–Trinajstić information content (AvgIpc) is 3.38. The van der Waals surface area contributed by atoms with E-state index in [2.05, 4.69) is 5.32 Å². The number of nitrogens with zero attached hydrogens (tertiary/aromatic N) is 2. The van der Waals surface area contributed by atoms with E-state index in [0.29, 0.717) is 24.6 Å². The van der Waals surface area contributed by atoms with Crippen molar-refractivity contribution in [3.63, 3.8) is 0 Å². The van der Waals surface area contributed by atoms with Gasteiger partial charge >= 0.3 is 0 Å². The van der Waals surface area contributed by atoms with E-state index < -0.39 is 6.04 Å². The number of amides is 3. The van der Waals surface area contributed by atoms with Crippen LogP contribution in [0.3, 0.4) is 0 Å². The van der Waals surface area contributed by atoms with E-state index in [1.54, 1.807) is 12.1 Å². The van der Waals surface area contributed by atoms with Crippen LogP contribution in [0, 0.1) is 11.8 Å². The highest BCUT2D eigenvalue weighted by atomic mass is 16.2. The molecule has 2 heterocycles. The molecule has 1 saturated carbocycles. The molecule has 3 aliphatic rings. The molecule has 0 spiro atoms. The summed E-state index contributed by atoms with van der Waals surface area (Å²) in [6.45, 7) is 2.92. The average molecular weight is 426 g/mol. The molecule has 0 radical (unpaired) electrons. The number of hydrogen-bond acceptors (Lipinski definition) is 3. The molecular formula is C25H35N3O3. The molecule has 2 aliphatic heterocycles. The van der Waals surface area contributed by atoms with Gasteiger partial charge in [-0.2, -0.15) is 0 Å². The minimum Gasteiger partial charge on any atom is -0.342 e. The minimum atomic E-state index is -0.519. The van der Waals surface area contributed by atoms with Crippen LogP contribution < -0.4 is 5.32 Å². The first-order valence-corrected chi connectivity index (χ1v) is 12.1. The Morgan fingerprint density at radius 2 is 1.42 bits per heavy atom. The minimum absolute atomic E-state index is 0.0459. The Labute approximate surface area is 185 Å². The Morgan fingerprint density at radius 3 is 2.06 bits per heavy atom. The van der Waals surface area contributed by atoms with Gasteiger partial charge in [0, 0.05) is 37.7 Å². The Kier molecular flexibility index (Phi) is 7.25. The Hall–Kier alpha value is -2.37. The molecule has 6 heteroatoms. The highest BCUT2D eigenvalue weighted by molar-refractivity contribution is 5.97. The fourth-order valence-electron chi connectivity index (χ4n) is 5.39. The molecule has 4 rings (SSSR count). The number of piperidine rings is 2. The molecule has 2 saturated heterocycles. The second-order valence-electron chi connectivity index (χ2n) is 9.35. The molecule has 31 heavy (non-hydrogen) atoms. The van der Waals surface area contributed by atoms with Crippen molar-refractivity contribution < 1.29 is 14.4 Å². The summed E-state index contributed by atoms with van der Waals surface area (Å²) in [7, 11) is 0. The van der Waals surface area contributed by atoms with E-state index in [1.807, 2.05) is 28.0 Å². The summed E-state index contributed by atoms with van der Waals surface area (Å²) in [6, 6.07) is 8.59. The van der Waals surface area contributed by atoms with E-state index in [9.17, 15) is 14.4 Å². The van der Waals surface area contributed by atoms with Crippen molar-refractivity contribution in [3.05, 3.63) is 35.9 Å². The van der Waals surface area contributed by atoms with Gasteiger partial charge in [0.15, 0.2) is 0 Å². The van der Waals surface area contributed by atoms with Crippen LogP contribution in [0.2, 0.25) is 0 Å². The summed E-state index contributed by atoms with van der Waals surface area (Å²) in [4.78, 5) is 43.0. The Balaban J connectivity index is 1.43. The second-order valence-corrected chi connectivity index (χ2v) is 9.35. The molecule has 6 nitrogen and oxygen atoms in total. The zero-order chi connectivity index (χ0) is 21.6. The lowest BCUT2D eigenvalue weighted by atomic mass is 9.87. The van der Waals surface area contributed by atoms with Crippen molar-refractivity contribution in [2.45, 2.75) is 63.8 Å². The number of nitrogens with one attached hydrogen (secondary N) is 1. The lowest BCUT2D eigenvalue weighted by Crippen LogP contribution is -2.55. The molecule has 3 fully saturated rings. The molecule has 3 amide bonds. The molecule has 1 atom stereocenters. The summed E-state index contributed by atoms with van der Waals surface area (Å²) in [6.07, 6.45) is 9.08. The van der Waals surface area contributed by atoms with Crippen LogP contribution in [-0.2, 0) is 9.59 Å². The van der Waals surface area contributed by atoms with Gasteiger partial charge in [-0.05, 0) is 63.0 Å². The van der Waals surface area contributed by atoms with Crippen molar-refractivity contribution in [3.8, 4) is 0 Å². The van der Waals surface area contributed by atoms with Crippen LogP contribution in [0.1, 0.15) is 68.1 Å². The summed E-state index contributed by atoms with van der Waals surface area (Å²) in [5.74, 6) is 0.406. The number of rotatable bonds is 5. The molecular weight excluding hydrogens is 390 g/mol. The lowest BCUT2D eigenvalue weighted by molar-refractivity contribution is -0.138. The van der Waals surface area contributed by atoms with Crippen LogP contribution in [0.25, 0.3) is 0 Å². The SMILES string of the molecule is O=C(N[C@@H](C(=O)N1CCCCC1)C1CCN(C(=O)C2CCCC2)CC1)c1ccccc1. The smallest absolute Gasteiger partial charge is 0.251 e. The van der Waals surface area contributed by atoms with Crippen molar-refractivity contribution in [2.75, 3.05) is 26.2 Å². The number of hydrogen-bond donors (Lipinski definition) is 1. The van der Waals surface area contributed by atoms with Crippen LogP contribution in [0.4, 0.5) is 0 Å². The quantitative estimate of drug-likeness (QED) is 0.787. The van der Waals surface area contributed by atoms with E-state index in [-0.39, 0.29) is 23.7 Å². The van der Waals surface area contributed by atoms with Gasteiger partial charge in [-0.15, -0.1) is 0 Å². The first-order chi connectivity index (χ1) is 15.1. The van der Waals surface area contributed by atoms with Crippen LogP contribution in [-0.4, -0.2) is 59.7 Å². The molecule has 0 aromatic heterocycles. The third-order valence-corrected chi connectivity index (χ3v) is 7.28. The predicted molar refractivity (Wildman–Crippen MR) is 119 cm³/mol. The molecule has 0 bridgehead atoms. The van der Waals surface area contributed by atoms with Gasteiger partial charge in [0.1, 0.15) is 6.04 Å². The first-order valence-electron chi connectivity index (χ1n) is 12.1. The number of benzene rings is 1. The number of carbonyl (C=O) groups excluding carboxylic acids is 3. The largest absolute Gasteiger partial charge is 0.342 e. The molecule has 1 N–H and O–H groups in total. The maximum atomic E-state index is 13.4. The van der Waals surface area contributed by atoms with Crippen LogP contribution in [0.5, 0.6) is 0 Å². The predicted octanol–water partition coefficient (Wildman–Crippen LogP) is 3.23. The van der Waals surface area contributed by atoms with Gasteiger partial charge < -0.3 is 15.1 Å². The van der Waals surface area contributed by atoms with Crippen molar-refractivity contribution >= 4 is 17.7 Å². The van der Waals surface area contributed by atoms with E-state index in [1.165, 1.54) is 0 Å². The third kappa shape index (κ3) is 5.28. The van der Waals surface area contributed by atoms with Crippen molar-refractivity contribution in [2.24, 2.45) is 11.8 Å². The Morgan fingerprint density at radius 1 is 0.774 bits per heavy atom. The maximum absolute atomic E-state index is 13.4. The zero-order valence-electron chi connectivity index (χ0n) is 18.4. The number of carbonyl (C=O) groups is 3. The number of likely N-dealkylation sites (tertiary alicyclic amines) is 2. The van der Waals surface area contributed by atoms with Crippen LogP contribution in [0.15, 0.2) is 30.3 Å². The first kappa shape index (κ1) is 21.8. The van der Waals surface area contributed by atoms with Gasteiger partial charge in [-0.1, -0.05) is 31.0 Å². The van der Waals surface area contributed by atoms with Gasteiger partial charge in [0.05, 0.1) is 0 Å². The highest BCUT2D eigenvalue weighted by Gasteiger charge is 2.37. The second kappa shape index (κ2) is 10.3. The topological polar surface area (TPSA) is 69.7 Å². The van der Waals surface area contributed by atoms with E-state index in [0.717, 1.165) is 70.9 Å². The molecule has 0 unspecified atom stereocenters. The summed E-state index contributed by atoms with van der Waals surface area (Å²) >= 11 is 0. The summed E-state index contributed by atoms with van der Waals surface area (Å²) in [5.41, 5.74) is 0.577. The van der Waals surface area contributed by atoms with Gasteiger partial charge in [-0.25, -0.2) is 0 Å². The van der Waals surface area contributed by atoms with Crippen molar-refractivity contribution in [1.29, 1.82) is 0 Å². The fourth-order valence-corrected chi connectivity index (χ4v) is 5.39. The Bertz CT molecular complexity index is 761. The van der Waals surface area contributed by atoms with Gasteiger partial charge in [0.2, 0.25) is 11.8 Å². The van der Waals surface area contributed by atoms with Gasteiger partial charge in [-0.3, -0.25) is 14.4 Å². The molecule has 168 valence electrons. The van der Waals surface area contributed by atoms with Crippen LogP contribution >= 0.6 is 0 Å². The monoisotopic (exact) mass is 425 g/mol. The maximum Gasteiger partial charge on any atom is 0.251 e. The lowest BCUT2D eigenvalue weighted by Gasteiger charge is -2.39. The normalized spacial score (nSPS) is 21.7. The fraction of sp³-hybridized carbons (Fsp3) is 0.640. The summed E-state index contributed by atoms with van der Waals surface area (Å²) in [5, 5.41) is 3.07. The molecule has 1 aromatic rings. The van der Waals surface area contributed by atoms with Crippen molar-refractivity contribution in [1.82, 2.24) is 15.1 Å². The zero-order valence-corrected chi connectivity index (χ0v) is 18.4. The third-order valence-electron chi connectivity index (χ3n) is 7.28. The highest BCUT2D eigenvalue weighted by Crippen LogP contribution is 2.30. The summed E-state index contributed by atoms with van der Waals surface area (Å²) < 4.78 is 0. The van der Waals surface area contributed by atoms with E-state index in [4.69, 9.17) is 0 Å².